The highest BCUT2D eigenvalue weighted by Gasteiger charge is 2.10. The van der Waals surface area contributed by atoms with E-state index in [1.165, 1.54) is 0 Å². The maximum Gasteiger partial charge on any atom is 0.199 e. The Morgan fingerprint density at radius 2 is 2.19 bits per heavy atom. The first-order chi connectivity index (χ1) is 7.22. The van der Waals surface area contributed by atoms with Crippen LogP contribution in [0.4, 0.5) is 0 Å². The highest BCUT2D eigenvalue weighted by atomic mass is 35.5. The maximum atomic E-state index is 5.76. The molecule has 1 rings (SSSR count). The van der Waals surface area contributed by atoms with Crippen LogP contribution in [0.2, 0.25) is 0 Å². The van der Waals surface area contributed by atoms with Crippen LogP contribution in [0.25, 0.3) is 0 Å². The minimum absolute atomic E-state index is 0. The second-order valence-electron chi connectivity index (χ2n) is 3.21. The lowest BCUT2D eigenvalue weighted by molar-refractivity contribution is -0.0552. The topological polar surface area (TPSA) is 31.4 Å². The molecule has 1 unspecified atom stereocenters. The third kappa shape index (κ3) is 3.81. The van der Waals surface area contributed by atoms with Crippen LogP contribution in [0.3, 0.4) is 0 Å². The lowest BCUT2D eigenvalue weighted by Gasteiger charge is -2.17. The van der Waals surface area contributed by atoms with Crippen molar-refractivity contribution in [1.82, 2.24) is 4.98 Å². The monoisotopic (exact) mass is 265 g/mol. The van der Waals surface area contributed by atoms with Gasteiger partial charge >= 0.3 is 0 Å². The van der Waals surface area contributed by atoms with E-state index in [1.807, 2.05) is 19.9 Å². The smallest absolute Gasteiger partial charge is 0.199 e. The molecule has 0 spiro atoms. The van der Waals surface area contributed by atoms with Crippen molar-refractivity contribution in [3.8, 4) is 5.75 Å². The molecule has 0 saturated heterocycles. The van der Waals surface area contributed by atoms with E-state index < -0.39 is 0 Å². The first-order valence-electron chi connectivity index (χ1n) is 4.92. The second-order valence-corrected chi connectivity index (χ2v) is 3.47. The van der Waals surface area contributed by atoms with Crippen LogP contribution in [0.5, 0.6) is 5.75 Å². The standard InChI is InChI=1S/C11H16ClNO2.ClH/c1-4-11(14-3)15-10-5-6-13-9(7-12)8(10)2;/h5-6,11H,4,7H2,1-3H3;1H. The molecule has 5 heteroatoms. The molecular formula is C11H17Cl2NO2. The van der Waals surface area contributed by atoms with Gasteiger partial charge in [0.25, 0.3) is 0 Å². The van der Waals surface area contributed by atoms with Gasteiger partial charge in [-0.15, -0.1) is 24.0 Å². The Morgan fingerprint density at radius 1 is 1.50 bits per heavy atom. The van der Waals surface area contributed by atoms with Crippen LogP contribution in [-0.4, -0.2) is 18.4 Å². The lowest BCUT2D eigenvalue weighted by atomic mass is 10.2. The van der Waals surface area contributed by atoms with E-state index in [4.69, 9.17) is 21.1 Å². The number of methoxy groups -OCH3 is 1. The molecule has 0 N–H and O–H groups in total. The first-order valence-corrected chi connectivity index (χ1v) is 5.46. The highest BCUT2D eigenvalue weighted by Crippen LogP contribution is 2.22. The van der Waals surface area contributed by atoms with E-state index in [0.29, 0.717) is 5.88 Å². The predicted octanol–water partition coefficient (Wildman–Crippen LogP) is 3.31. The third-order valence-electron chi connectivity index (χ3n) is 2.24. The summed E-state index contributed by atoms with van der Waals surface area (Å²) >= 11 is 5.76. The summed E-state index contributed by atoms with van der Waals surface area (Å²) in [7, 11) is 1.63. The van der Waals surface area contributed by atoms with Crippen molar-refractivity contribution < 1.29 is 9.47 Å². The average Bonchev–Trinajstić information content (AvgIpc) is 2.28. The summed E-state index contributed by atoms with van der Waals surface area (Å²) < 4.78 is 10.8. The molecule has 0 aliphatic carbocycles. The van der Waals surface area contributed by atoms with Crippen molar-refractivity contribution in [2.75, 3.05) is 7.11 Å². The van der Waals surface area contributed by atoms with Crippen molar-refractivity contribution >= 4 is 24.0 Å². The number of ether oxygens (including phenoxy) is 2. The van der Waals surface area contributed by atoms with Crippen molar-refractivity contribution in [3.63, 3.8) is 0 Å². The van der Waals surface area contributed by atoms with Crippen LogP contribution in [0, 0.1) is 6.92 Å². The van der Waals surface area contributed by atoms with Crippen molar-refractivity contribution in [2.45, 2.75) is 32.4 Å². The molecule has 0 bridgehead atoms. The average molecular weight is 266 g/mol. The van der Waals surface area contributed by atoms with Crippen molar-refractivity contribution in [2.24, 2.45) is 0 Å². The molecule has 0 fully saturated rings. The molecule has 1 atom stereocenters. The van der Waals surface area contributed by atoms with Crippen LogP contribution in [0.1, 0.15) is 24.6 Å². The summed E-state index contributed by atoms with van der Waals surface area (Å²) in [5, 5.41) is 0. The maximum absolute atomic E-state index is 5.76. The fourth-order valence-electron chi connectivity index (χ4n) is 1.26. The molecule has 1 heterocycles. The molecule has 16 heavy (non-hydrogen) atoms. The summed E-state index contributed by atoms with van der Waals surface area (Å²) in [6.07, 6.45) is 2.28. The zero-order valence-electron chi connectivity index (χ0n) is 9.70. The second kappa shape index (κ2) is 7.71. The number of aromatic nitrogens is 1. The number of rotatable bonds is 5. The number of halogens is 2. The molecular weight excluding hydrogens is 249 g/mol. The van der Waals surface area contributed by atoms with Crippen molar-refractivity contribution in [3.05, 3.63) is 23.5 Å². The summed E-state index contributed by atoms with van der Waals surface area (Å²) in [6, 6.07) is 1.83. The SMILES string of the molecule is CCC(OC)Oc1ccnc(CCl)c1C.Cl. The minimum Gasteiger partial charge on any atom is -0.465 e. The minimum atomic E-state index is -0.214. The van der Waals surface area contributed by atoms with Gasteiger partial charge in [0.05, 0.1) is 11.6 Å². The summed E-state index contributed by atoms with van der Waals surface area (Å²) in [6.45, 7) is 3.95. The molecule has 92 valence electrons. The molecule has 0 aliphatic rings. The largest absolute Gasteiger partial charge is 0.465 e. The van der Waals surface area contributed by atoms with Gasteiger partial charge in [0.2, 0.25) is 0 Å². The van der Waals surface area contributed by atoms with E-state index in [9.17, 15) is 0 Å². The van der Waals surface area contributed by atoms with E-state index in [1.54, 1.807) is 13.3 Å². The zero-order chi connectivity index (χ0) is 11.3. The van der Waals surface area contributed by atoms with Gasteiger partial charge in [-0.05, 0) is 13.0 Å². The Balaban J connectivity index is 0.00000225. The summed E-state index contributed by atoms with van der Waals surface area (Å²) in [5.41, 5.74) is 1.82. The molecule has 3 nitrogen and oxygen atoms in total. The Morgan fingerprint density at radius 3 is 2.69 bits per heavy atom. The molecule has 0 saturated carbocycles. The van der Waals surface area contributed by atoms with E-state index in [0.717, 1.165) is 23.4 Å². The Hall–Kier alpha value is -0.510. The molecule has 0 radical (unpaired) electrons. The summed E-state index contributed by atoms with van der Waals surface area (Å²) in [4.78, 5) is 4.16. The number of pyridine rings is 1. The third-order valence-corrected chi connectivity index (χ3v) is 2.49. The van der Waals surface area contributed by atoms with Crippen LogP contribution < -0.4 is 4.74 Å². The Bertz CT molecular complexity index is 317. The Kier molecular flexibility index (Phi) is 7.47. The molecule has 0 amide bonds. The molecule has 0 aliphatic heterocycles. The normalized spacial score (nSPS) is 11.8. The fourth-order valence-corrected chi connectivity index (χ4v) is 1.53. The van der Waals surface area contributed by atoms with Gasteiger partial charge in [-0.1, -0.05) is 6.92 Å². The van der Waals surface area contributed by atoms with Crippen LogP contribution in [-0.2, 0) is 10.6 Å². The van der Waals surface area contributed by atoms with Crippen LogP contribution in [0.15, 0.2) is 12.3 Å². The van der Waals surface area contributed by atoms with E-state index in [2.05, 4.69) is 4.98 Å². The fraction of sp³-hybridized carbons (Fsp3) is 0.545. The van der Waals surface area contributed by atoms with Gasteiger partial charge in [0.15, 0.2) is 6.29 Å². The molecule has 1 aromatic heterocycles. The van der Waals surface area contributed by atoms with Gasteiger partial charge in [-0.25, -0.2) is 0 Å². The summed E-state index contributed by atoms with van der Waals surface area (Å²) in [5.74, 6) is 1.18. The number of alkyl halides is 1. The zero-order valence-corrected chi connectivity index (χ0v) is 11.3. The Labute approximate surface area is 108 Å². The number of hydrogen-bond acceptors (Lipinski definition) is 3. The molecule has 1 aromatic rings. The predicted molar refractivity (Wildman–Crippen MR) is 67.5 cm³/mol. The first kappa shape index (κ1) is 15.5. The van der Waals surface area contributed by atoms with Gasteiger partial charge in [0.1, 0.15) is 5.75 Å². The van der Waals surface area contributed by atoms with Gasteiger partial charge in [0, 0.05) is 25.3 Å². The molecule has 0 aromatic carbocycles. The van der Waals surface area contributed by atoms with Crippen LogP contribution >= 0.6 is 24.0 Å². The number of nitrogens with zero attached hydrogens (tertiary/aromatic N) is 1. The van der Waals surface area contributed by atoms with Gasteiger partial charge < -0.3 is 9.47 Å². The van der Waals surface area contributed by atoms with Crippen molar-refractivity contribution in [1.29, 1.82) is 0 Å². The van der Waals surface area contributed by atoms with Gasteiger partial charge in [-0.2, -0.15) is 0 Å². The number of hydrogen-bond donors (Lipinski definition) is 0. The lowest BCUT2D eigenvalue weighted by Crippen LogP contribution is -2.18. The van der Waals surface area contributed by atoms with Gasteiger partial charge in [-0.3, -0.25) is 4.98 Å². The quantitative estimate of drug-likeness (QED) is 0.605. The highest BCUT2D eigenvalue weighted by molar-refractivity contribution is 6.17. The van der Waals surface area contributed by atoms with E-state index >= 15 is 0 Å². The van der Waals surface area contributed by atoms with E-state index in [-0.39, 0.29) is 18.7 Å².